The Labute approximate surface area is 176 Å². The van der Waals surface area contributed by atoms with E-state index in [0.29, 0.717) is 30.0 Å². The first-order valence-electron chi connectivity index (χ1n) is 12.2. The van der Waals surface area contributed by atoms with Gasteiger partial charge in [-0.25, -0.2) is 0 Å². The first-order valence-corrected chi connectivity index (χ1v) is 12.2. The molecule has 0 aromatic carbocycles. The molecule has 4 aliphatic carbocycles. The molecule has 160 valence electrons. The number of Topliss-reactive ketones (excluding diaryl/α,β-unsaturated/α-hetero) is 1. The number of allylic oxidation sites excluding steroid dienone is 4. The van der Waals surface area contributed by atoms with Crippen LogP contribution in [0.5, 0.6) is 0 Å². The van der Waals surface area contributed by atoms with Crippen LogP contribution in [0.1, 0.15) is 96.8 Å². The molecule has 0 radical (unpaired) electrons. The van der Waals surface area contributed by atoms with Gasteiger partial charge < -0.3 is 5.11 Å². The summed E-state index contributed by atoms with van der Waals surface area (Å²) in [7, 11) is 0. The monoisotopic (exact) mass is 398 g/mol. The predicted molar refractivity (Wildman–Crippen MR) is 115 cm³/mol. The molecular formula is C26H38O3. The number of ketones is 2. The molecule has 1 N–H and O–H groups in total. The summed E-state index contributed by atoms with van der Waals surface area (Å²) in [5.74, 6) is 2.18. The van der Waals surface area contributed by atoms with E-state index >= 15 is 0 Å². The summed E-state index contributed by atoms with van der Waals surface area (Å²) >= 11 is 0. The van der Waals surface area contributed by atoms with Crippen molar-refractivity contribution in [1.82, 2.24) is 0 Å². The van der Waals surface area contributed by atoms with Crippen LogP contribution in [0.4, 0.5) is 0 Å². The van der Waals surface area contributed by atoms with Crippen LogP contribution in [-0.2, 0) is 9.59 Å². The molecular weight excluding hydrogens is 360 g/mol. The number of aliphatic hydroxyl groups excluding tert-OH is 1. The number of fused-ring (bicyclic) bond motifs is 4. The number of hydrogen-bond donors (Lipinski definition) is 1. The van der Waals surface area contributed by atoms with Crippen LogP contribution in [0.15, 0.2) is 22.8 Å². The van der Waals surface area contributed by atoms with E-state index in [1.807, 2.05) is 6.08 Å². The average Bonchev–Trinajstić information content (AvgIpc) is 3.02. The summed E-state index contributed by atoms with van der Waals surface area (Å²) in [6, 6.07) is 0. The van der Waals surface area contributed by atoms with Gasteiger partial charge in [0.2, 0.25) is 0 Å². The van der Waals surface area contributed by atoms with Crippen molar-refractivity contribution in [2.75, 3.05) is 6.61 Å². The van der Waals surface area contributed by atoms with E-state index in [-0.39, 0.29) is 11.3 Å². The molecule has 2 saturated carbocycles. The summed E-state index contributed by atoms with van der Waals surface area (Å²) in [4.78, 5) is 25.2. The van der Waals surface area contributed by atoms with Gasteiger partial charge in [-0.1, -0.05) is 44.6 Å². The number of aliphatic hydroxyl groups is 1. The molecule has 4 atom stereocenters. The van der Waals surface area contributed by atoms with Gasteiger partial charge in [-0.15, -0.1) is 0 Å². The van der Waals surface area contributed by atoms with Crippen molar-refractivity contribution in [3.05, 3.63) is 22.8 Å². The molecule has 0 amide bonds. The molecule has 0 aromatic rings. The van der Waals surface area contributed by atoms with Crippen LogP contribution in [0, 0.1) is 23.2 Å². The Morgan fingerprint density at radius 1 is 1.00 bits per heavy atom. The van der Waals surface area contributed by atoms with Crippen molar-refractivity contribution in [2.24, 2.45) is 23.2 Å². The van der Waals surface area contributed by atoms with E-state index in [9.17, 15) is 9.59 Å². The third kappa shape index (κ3) is 4.04. The summed E-state index contributed by atoms with van der Waals surface area (Å²) in [5, 5.41) is 8.86. The van der Waals surface area contributed by atoms with Gasteiger partial charge >= 0.3 is 0 Å². The van der Waals surface area contributed by atoms with Gasteiger partial charge in [-0.3, -0.25) is 9.59 Å². The quantitative estimate of drug-likeness (QED) is 0.533. The molecule has 0 aliphatic heterocycles. The fraction of sp³-hybridized carbons (Fsp3) is 0.769. The molecule has 3 heteroatoms. The SMILES string of the molecule is C[C@]12CCC3=C4CC(CCCCCCCCO)C(=O)C=C4CC[C@H]3[C@@H]1CCC2=O. The van der Waals surface area contributed by atoms with Crippen LogP contribution < -0.4 is 0 Å². The van der Waals surface area contributed by atoms with Crippen molar-refractivity contribution in [3.63, 3.8) is 0 Å². The summed E-state index contributed by atoms with van der Waals surface area (Å²) in [6.07, 6.45) is 16.9. The Morgan fingerprint density at radius 2 is 1.76 bits per heavy atom. The molecule has 0 aromatic heterocycles. The van der Waals surface area contributed by atoms with Gasteiger partial charge in [0.05, 0.1) is 0 Å². The molecule has 0 bridgehead atoms. The maximum atomic E-state index is 12.7. The minimum Gasteiger partial charge on any atom is -0.396 e. The third-order valence-corrected chi connectivity index (χ3v) is 8.61. The van der Waals surface area contributed by atoms with E-state index in [4.69, 9.17) is 5.11 Å². The minimum atomic E-state index is -0.0736. The largest absolute Gasteiger partial charge is 0.396 e. The van der Waals surface area contributed by atoms with Crippen LogP contribution in [0.2, 0.25) is 0 Å². The highest BCUT2D eigenvalue weighted by Crippen LogP contribution is 2.58. The molecule has 3 nitrogen and oxygen atoms in total. The average molecular weight is 399 g/mol. The second-order valence-corrected chi connectivity index (χ2v) is 10.2. The number of unbranched alkanes of at least 4 members (excludes halogenated alkanes) is 5. The smallest absolute Gasteiger partial charge is 0.159 e. The van der Waals surface area contributed by atoms with E-state index in [0.717, 1.165) is 70.6 Å². The van der Waals surface area contributed by atoms with Crippen LogP contribution in [0.25, 0.3) is 0 Å². The van der Waals surface area contributed by atoms with Gasteiger partial charge in [-0.05, 0) is 80.4 Å². The standard InChI is InChI=1S/C26H38O3/c1-26-14-13-20-21(23(26)11-12-25(26)29)10-9-18-17-24(28)19(16-22(18)20)8-6-4-2-3-5-7-15-27/h17,19,21,23,27H,2-16H2,1H3/t19?,21-,23+,26+/m1/s1. The van der Waals surface area contributed by atoms with E-state index in [1.165, 1.54) is 30.4 Å². The molecule has 4 rings (SSSR count). The fourth-order valence-corrected chi connectivity index (χ4v) is 6.82. The number of rotatable bonds is 8. The summed E-state index contributed by atoms with van der Waals surface area (Å²) in [6.45, 7) is 2.53. The number of carbonyl (C=O) groups excluding carboxylic acids is 2. The van der Waals surface area contributed by atoms with Gasteiger partial charge in [0.25, 0.3) is 0 Å². The fourth-order valence-electron chi connectivity index (χ4n) is 6.82. The Kier molecular flexibility index (Phi) is 6.44. The summed E-state index contributed by atoms with van der Waals surface area (Å²) in [5.41, 5.74) is 4.40. The van der Waals surface area contributed by atoms with Crippen molar-refractivity contribution in [2.45, 2.75) is 96.8 Å². The Hall–Kier alpha value is -1.22. The van der Waals surface area contributed by atoms with Gasteiger partial charge in [0.15, 0.2) is 5.78 Å². The molecule has 0 spiro atoms. The van der Waals surface area contributed by atoms with E-state index in [1.54, 1.807) is 5.57 Å². The Bertz CT molecular complexity index is 715. The van der Waals surface area contributed by atoms with Crippen molar-refractivity contribution in [1.29, 1.82) is 0 Å². The Morgan fingerprint density at radius 3 is 2.55 bits per heavy atom. The topological polar surface area (TPSA) is 54.4 Å². The maximum absolute atomic E-state index is 12.7. The highest BCUT2D eigenvalue weighted by molar-refractivity contribution is 5.95. The lowest BCUT2D eigenvalue weighted by molar-refractivity contribution is -0.128. The second kappa shape index (κ2) is 8.88. The minimum absolute atomic E-state index is 0.0736. The van der Waals surface area contributed by atoms with Crippen molar-refractivity contribution >= 4 is 11.6 Å². The molecule has 2 fully saturated rings. The van der Waals surface area contributed by atoms with Crippen LogP contribution in [-0.4, -0.2) is 23.3 Å². The molecule has 1 unspecified atom stereocenters. The first kappa shape index (κ1) is 21.0. The second-order valence-electron chi connectivity index (χ2n) is 10.2. The van der Waals surface area contributed by atoms with E-state index in [2.05, 4.69) is 6.92 Å². The van der Waals surface area contributed by atoms with Crippen LogP contribution in [0.3, 0.4) is 0 Å². The van der Waals surface area contributed by atoms with Crippen molar-refractivity contribution in [3.8, 4) is 0 Å². The van der Waals surface area contributed by atoms with Gasteiger partial charge in [-0.2, -0.15) is 0 Å². The zero-order chi connectivity index (χ0) is 20.4. The molecule has 4 aliphatic rings. The van der Waals surface area contributed by atoms with Crippen LogP contribution >= 0.6 is 0 Å². The zero-order valence-corrected chi connectivity index (χ0v) is 18.2. The lowest BCUT2D eigenvalue weighted by atomic mass is 9.57. The molecule has 29 heavy (non-hydrogen) atoms. The molecule has 0 saturated heterocycles. The van der Waals surface area contributed by atoms with Gasteiger partial charge in [0, 0.05) is 24.4 Å². The Balaban J connectivity index is 1.40. The van der Waals surface area contributed by atoms with Crippen molar-refractivity contribution < 1.29 is 14.7 Å². The lowest BCUT2D eigenvalue weighted by Crippen LogP contribution is -2.40. The number of hydrogen-bond acceptors (Lipinski definition) is 3. The highest BCUT2D eigenvalue weighted by Gasteiger charge is 2.53. The maximum Gasteiger partial charge on any atom is 0.159 e. The first-order chi connectivity index (χ1) is 14.0. The highest BCUT2D eigenvalue weighted by atomic mass is 16.2. The van der Waals surface area contributed by atoms with Gasteiger partial charge in [0.1, 0.15) is 5.78 Å². The van der Waals surface area contributed by atoms with E-state index < -0.39 is 0 Å². The lowest BCUT2D eigenvalue weighted by Gasteiger charge is -2.46. The normalized spacial score (nSPS) is 34.0. The zero-order valence-electron chi connectivity index (χ0n) is 18.2. The predicted octanol–water partition coefficient (Wildman–Crippen LogP) is 5.71. The number of carbonyl (C=O) groups is 2. The molecule has 0 heterocycles. The third-order valence-electron chi connectivity index (χ3n) is 8.61. The summed E-state index contributed by atoms with van der Waals surface area (Å²) < 4.78 is 0.